The van der Waals surface area contributed by atoms with E-state index in [2.05, 4.69) is 4.90 Å². The summed E-state index contributed by atoms with van der Waals surface area (Å²) in [6.07, 6.45) is 0. The van der Waals surface area contributed by atoms with E-state index >= 15 is 0 Å². The first-order valence-corrected chi connectivity index (χ1v) is 10.7. The molecule has 0 spiro atoms. The maximum atomic E-state index is 12.6. The molecule has 2 N–H and O–H groups in total. The first kappa shape index (κ1) is 27.1. The van der Waals surface area contributed by atoms with Crippen molar-refractivity contribution in [1.29, 1.82) is 0 Å². The van der Waals surface area contributed by atoms with Crippen molar-refractivity contribution < 1.29 is 39.0 Å². The summed E-state index contributed by atoms with van der Waals surface area (Å²) < 4.78 is 11.0. The lowest BCUT2D eigenvalue weighted by Crippen LogP contribution is -2.48. The Morgan fingerprint density at radius 1 is 0.971 bits per heavy atom. The highest BCUT2D eigenvalue weighted by Gasteiger charge is 2.23. The third-order valence-corrected chi connectivity index (χ3v) is 5.10. The van der Waals surface area contributed by atoms with E-state index in [1.165, 1.54) is 24.3 Å². The normalized spacial score (nSPS) is 13.3. The van der Waals surface area contributed by atoms with Gasteiger partial charge in [-0.25, -0.2) is 9.59 Å². The number of carbonyl (C=O) groups is 3. The van der Waals surface area contributed by atoms with Crippen molar-refractivity contribution >= 4 is 23.5 Å². The molecule has 35 heavy (non-hydrogen) atoms. The van der Waals surface area contributed by atoms with Crippen LogP contribution in [0.25, 0.3) is 0 Å². The van der Waals surface area contributed by atoms with Crippen LogP contribution in [0.4, 0.5) is 5.69 Å². The van der Waals surface area contributed by atoms with Crippen molar-refractivity contribution in [2.75, 3.05) is 39.9 Å². The second-order valence-electron chi connectivity index (χ2n) is 7.40. The Labute approximate surface area is 201 Å². The van der Waals surface area contributed by atoms with Crippen molar-refractivity contribution in [2.45, 2.75) is 13.5 Å². The number of carbonyl (C=O) groups excluding carboxylic acids is 1. The van der Waals surface area contributed by atoms with Crippen LogP contribution in [0.5, 0.6) is 11.5 Å². The van der Waals surface area contributed by atoms with Crippen LogP contribution in [-0.2, 0) is 16.1 Å². The number of carboxylic acids is 2. The van der Waals surface area contributed by atoms with Crippen LogP contribution in [0, 0.1) is 10.1 Å². The summed E-state index contributed by atoms with van der Waals surface area (Å²) in [7, 11) is 1.62. The molecule has 0 saturated carbocycles. The highest BCUT2D eigenvalue weighted by Crippen LogP contribution is 2.28. The van der Waals surface area contributed by atoms with E-state index in [9.17, 15) is 14.9 Å². The van der Waals surface area contributed by atoms with Gasteiger partial charge in [0.25, 0.3) is 11.6 Å². The van der Waals surface area contributed by atoms with E-state index in [0.717, 1.165) is 30.9 Å². The van der Waals surface area contributed by atoms with Gasteiger partial charge in [-0.2, -0.15) is 0 Å². The lowest BCUT2D eigenvalue weighted by molar-refractivity contribution is -0.384. The van der Waals surface area contributed by atoms with Crippen LogP contribution in [0.3, 0.4) is 0 Å². The Balaban J connectivity index is 0.000000641. The number of amides is 1. The van der Waals surface area contributed by atoms with Crippen LogP contribution in [0.1, 0.15) is 22.8 Å². The Bertz CT molecular complexity index is 1040. The Morgan fingerprint density at radius 2 is 1.57 bits per heavy atom. The minimum Gasteiger partial charge on any atom is -0.493 e. The number of piperazine rings is 1. The fourth-order valence-corrected chi connectivity index (χ4v) is 3.36. The van der Waals surface area contributed by atoms with Gasteiger partial charge in [0.05, 0.1) is 18.6 Å². The molecular formula is C23H27N3O9. The van der Waals surface area contributed by atoms with E-state index < -0.39 is 16.9 Å². The van der Waals surface area contributed by atoms with Gasteiger partial charge in [-0.05, 0) is 36.8 Å². The monoisotopic (exact) mass is 489 g/mol. The number of nitro groups is 1. The second-order valence-corrected chi connectivity index (χ2v) is 7.40. The maximum absolute atomic E-state index is 12.6. The number of hydrogen-bond donors (Lipinski definition) is 2. The molecular weight excluding hydrogens is 462 g/mol. The van der Waals surface area contributed by atoms with Crippen molar-refractivity contribution in [1.82, 2.24) is 9.80 Å². The van der Waals surface area contributed by atoms with E-state index in [0.29, 0.717) is 31.0 Å². The number of non-ortho nitro benzene ring substituents is 1. The van der Waals surface area contributed by atoms with Gasteiger partial charge in [0, 0.05) is 50.4 Å². The van der Waals surface area contributed by atoms with Crippen molar-refractivity contribution in [3.05, 3.63) is 63.7 Å². The number of methoxy groups -OCH3 is 1. The summed E-state index contributed by atoms with van der Waals surface area (Å²) in [5.74, 6) is -2.29. The van der Waals surface area contributed by atoms with Gasteiger partial charge in [-0.3, -0.25) is 19.8 Å². The lowest BCUT2D eigenvalue weighted by Gasteiger charge is -2.34. The van der Waals surface area contributed by atoms with Gasteiger partial charge in [0.2, 0.25) is 0 Å². The molecule has 1 fully saturated rings. The predicted molar refractivity (Wildman–Crippen MR) is 124 cm³/mol. The van der Waals surface area contributed by atoms with Crippen LogP contribution in [0.15, 0.2) is 42.5 Å². The third-order valence-electron chi connectivity index (χ3n) is 5.10. The molecule has 12 heteroatoms. The highest BCUT2D eigenvalue weighted by molar-refractivity contribution is 6.27. The van der Waals surface area contributed by atoms with Crippen LogP contribution < -0.4 is 9.47 Å². The number of nitrogens with zero attached hydrogens (tertiary/aromatic N) is 3. The van der Waals surface area contributed by atoms with E-state index in [1.807, 2.05) is 25.1 Å². The molecule has 1 aliphatic heterocycles. The summed E-state index contributed by atoms with van der Waals surface area (Å²) in [6, 6.07) is 11.7. The summed E-state index contributed by atoms with van der Waals surface area (Å²) in [5.41, 5.74) is 1.59. The molecule has 12 nitrogen and oxygen atoms in total. The lowest BCUT2D eigenvalue weighted by atomic mass is 10.1. The minimum atomic E-state index is -1.82. The maximum Gasteiger partial charge on any atom is 0.414 e. The summed E-state index contributed by atoms with van der Waals surface area (Å²) in [6.45, 7) is 6.03. The molecule has 0 aliphatic carbocycles. The van der Waals surface area contributed by atoms with Crippen molar-refractivity contribution in [3.8, 4) is 11.5 Å². The topological polar surface area (TPSA) is 160 Å². The second kappa shape index (κ2) is 12.9. The molecule has 2 aromatic rings. The molecule has 1 saturated heterocycles. The molecule has 2 aromatic carbocycles. The zero-order valence-corrected chi connectivity index (χ0v) is 19.4. The predicted octanol–water partition coefficient (Wildman–Crippen LogP) is 2.12. The Morgan fingerprint density at radius 3 is 2.06 bits per heavy atom. The zero-order valence-electron chi connectivity index (χ0n) is 19.4. The average Bonchev–Trinajstić information content (AvgIpc) is 2.85. The van der Waals surface area contributed by atoms with Crippen LogP contribution in [0.2, 0.25) is 0 Å². The number of hydrogen-bond acceptors (Lipinski definition) is 8. The van der Waals surface area contributed by atoms with Gasteiger partial charge in [0.15, 0.2) is 11.5 Å². The molecule has 188 valence electrons. The fraction of sp³-hybridized carbons (Fsp3) is 0.348. The van der Waals surface area contributed by atoms with Crippen molar-refractivity contribution in [2.24, 2.45) is 0 Å². The van der Waals surface area contributed by atoms with Crippen LogP contribution in [-0.4, -0.2) is 82.7 Å². The molecule has 0 unspecified atom stereocenters. The smallest absolute Gasteiger partial charge is 0.414 e. The highest BCUT2D eigenvalue weighted by atomic mass is 16.6. The summed E-state index contributed by atoms with van der Waals surface area (Å²) in [5, 5.41) is 25.5. The van der Waals surface area contributed by atoms with Crippen LogP contribution >= 0.6 is 0 Å². The molecule has 1 aliphatic rings. The van der Waals surface area contributed by atoms with Crippen molar-refractivity contribution in [3.63, 3.8) is 0 Å². The molecule has 1 amide bonds. The van der Waals surface area contributed by atoms with Gasteiger partial charge < -0.3 is 24.6 Å². The first-order valence-electron chi connectivity index (χ1n) is 10.7. The molecule has 0 aromatic heterocycles. The molecule has 0 radical (unpaired) electrons. The average molecular weight is 489 g/mol. The molecule has 0 bridgehead atoms. The standard InChI is InChI=1S/C21H25N3O5.C2H2O4/c1-3-29-20-14-16(4-9-19(20)28-2)15-22-10-12-23(13-11-22)21(25)17-5-7-18(8-6-17)24(26)27;3-1(4)2(5)6/h4-9,14H,3,10-13,15H2,1-2H3;(H,3,4)(H,5,6). The first-order chi connectivity index (χ1) is 16.7. The Kier molecular flexibility index (Phi) is 9.97. The molecule has 0 atom stereocenters. The number of aliphatic carboxylic acids is 2. The number of ether oxygens (including phenoxy) is 2. The summed E-state index contributed by atoms with van der Waals surface area (Å²) in [4.78, 5) is 45.2. The molecule has 3 rings (SSSR count). The van der Waals surface area contributed by atoms with E-state index in [-0.39, 0.29) is 11.6 Å². The zero-order chi connectivity index (χ0) is 26.0. The quantitative estimate of drug-likeness (QED) is 0.335. The SMILES string of the molecule is CCOc1cc(CN2CCN(C(=O)c3ccc([N+](=O)[O-])cc3)CC2)ccc1OC.O=C(O)C(=O)O. The van der Waals surface area contributed by atoms with E-state index in [4.69, 9.17) is 29.3 Å². The largest absolute Gasteiger partial charge is 0.493 e. The number of nitro benzene ring substituents is 1. The number of rotatable bonds is 7. The fourth-order valence-electron chi connectivity index (χ4n) is 3.36. The van der Waals surface area contributed by atoms with Gasteiger partial charge in [0.1, 0.15) is 0 Å². The Hall–Kier alpha value is -4.19. The van der Waals surface area contributed by atoms with Gasteiger partial charge in [-0.15, -0.1) is 0 Å². The molecule has 1 heterocycles. The number of carboxylic acid groups (broad SMARTS) is 2. The van der Waals surface area contributed by atoms with E-state index in [1.54, 1.807) is 12.0 Å². The summed E-state index contributed by atoms with van der Waals surface area (Å²) >= 11 is 0. The van der Waals surface area contributed by atoms with Gasteiger partial charge in [-0.1, -0.05) is 6.07 Å². The third kappa shape index (κ3) is 7.96. The van der Waals surface area contributed by atoms with Gasteiger partial charge >= 0.3 is 11.9 Å². The minimum absolute atomic E-state index is 0.0164. The number of benzene rings is 2.